The number of benzene rings is 10. The lowest BCUT2D eigenvalue weighted by Gasteiger charge is -2.16. The molecule has 3 aromatic heterocycles. The van der Waals surface area contributed by atoms with Gasteiger partial charge in [0.2, 0.25) is 0 Å². The molecule has 0 radical (unpaired) electrons. The first-order valence-electron chi connectivity index (χ1n) is 23.8. The summed E-state index contributed by atoms with van der Waals surface area (Å²) in [6.45, 7) is 0. The molecular weight excluding hydrogens is 879 g/mol. The van der Waals surface area contributed by atoms with E-state index in [1.54, 1.807) is 0 Å². The zero-order valence-electron chi connectivity index (χ0n) is 38.6. The molecule has 0 saturated carbocycles. The number of nitrogens with zero attached hydrogens (tertiary/aromatic N) is 7. The highest BCUT2D eigenvalue weighted by Gasteiger charge is 2.21. The Morgan fingerprint density at radius 3 is 1.24 bits per heavy atom. The molecule has 0 bridgehead atoms. The summed E-state index contributed by atoms with van der Waals surface area (Å²) in [6, 6.07) is 85.6. The van der Waals surface area contributed by atoms with Crippen LogP contribution in [0.3, 0.4) is 0 Å². The number of aromatic nitrogens is 5. The molecule has 7 heteroatoms. The van der Waals surface area contributed by atoms with E-state index in [4.69, 9.17) is 15.0 Å². The summed E-state index contributed by atoms with van der Waals surface area (Å²) in [6.07, 6.45) is 0. The van der Waals surface area contributed by atoms with Crippen LogP contribution in [0.1, 0.15) is 11.1 Å². The lowest BCUT2D eigenvalue weighted by molar-refractivity contribution is 1.07. The maximum atomic E-state index is 10.9. The minimum atomic E-state index is 0.442. The highest BCUT2D eigenvalue weighted by molar-refractivity contribution is 6.12. The van der Waals surface area contributed by atoms with E-state index in [0.717, 1.165) is 99.5 Å². The quantitative estimate of drug-likeness (QED) is 0.151. The third-order valence-corrected chi connectivity index (χ3v) is 13.7. The van der Waals surface area contributed by atoms with E-state index < -0.39 is 0 Å². The maximum absolute atomic E-state index is 10.9. The van der Waals surface area contributed by atoms with Gasteiger partial charge in [-0.05, 0) is 113 Å². The summed E-state index contributed by atoms with van der Waals surface area (Å²) in [7, 11) is 0. The van der Waals surface area contributed by atoms with Crippen LogP contribution < -0.4 is 0 Å². The molecule has 0 aliphatic heterocycles. The molecule has 0 aliphatic rings. The van der Waals surface area contributed by atoms with E-state index in [9.17, 15) is 10.5 Å². The van der Waals surface area contributed by atoms with Gasteiger partial charge in [0.15, 0.2) is 17.5 Å². The second kappa shape index (κ2) is 17.4. The summed E-state index contributed by atoms with van der Waals surface area (Å²) in [5.74, 6) is 1.43. The molecule has 0 amide bonds. The summed E-state index contributed by atoms with van der Waals surface area (Å²) in [4.78, 5) is 15.4. The zero-order valence-corrected chi connectivity index (χ0v) is 38.6. The fraction of sp³-hybridized carbons (Fsp3) is 0. The number of hydrogen-bond acceptors (Lipinski definition) is 5. The van der Waals surface area contributed by atoms with Crippen LogP contribution in [0.5, 0.6) is 0 Å². The van der Waals surface area contributed by atoms with E-state index in [-0.39, 0.29) is 0 Å². The van der Waals surface area contributed by atoms with Crippen molar-refractivity contribution in [1.29, 1.82) is 10.5 Å². The predicted molar refractivity (Wildman–Crippen MR) is 291 cm³/mol. The van der Waals surface area contributed by atoms with Crippen molar-refractivity contribution in [1.82, 2.24) is 24.1 Å². The van der Waals surface area contributed by atoms with Crippen LogP contribution in [-0.4, -0.2) is 24.1 Å². The molecule has 7 nitrogen and oxygen atoms in total. The van der Waals surface area contributed by atoms with Crippen molar-refractivity contribution in [3.63, 3.8) is 0 Å². The molecule has 13 aromatic rings. The standard InChI is InChI=1S/C65H39N7/c66-40-42-24-26-45(27-25-42)54-39-50(31-35-60(54)72-59-23-13-11-21-53(59)56-38-48(29-34-62(56)72)44-16-6-2-7-17-44)65-69-63(46-18-8-3-9-19-46)68-64(70-65)49-30-32-57(51(36-49)41-67)71-58-22-12-10-20-52(58)55-37-47(28-33-61(55)71)43-14-4-1-5-15-43/h1-39H. The molecule has 10 aromatic carbocycles. The Morgan fingerprint density at radius 2 is 0.708 bits per heavy atom. The minimum absolute atomic E-state index is 0.442. The van der Waals surface area contributed by atoms with Crippen LogP contribution in [0, 0.1) is 22.7 Å². The Labute approximate surface area is 415 Å². The molecule has 0 spiro atoms. The summed E-state index contributed by atoms with van der Waals surface area (Å²) in [5.41, 5.74) is 15.7. The monoisotopic (exact) mass is 917 g/mol. The molecule has 0 saturated heterocycles. The lowest BCUT2D eigenvalue weighted by atomic mass is 9.99. The average Bonchev–Trinajstić information content (AvgIpc) is 3.97. The van der Waals surface area contributed by atoms with Crippen molar-refractivity contribution in [2.75, 3.05) is 0 Å². The minimum Gasteiger partial charge on any atom is -0.309 e. The predicted octanol–water partition coefficient (Wildman–Crippen LogP) is 15.8. The van der Waals surface area contributed by atoms with Crippen LogP contribution in [0.15, 0.2) is 237 Å². The van der Waals surface area contributed by atoms with Gasteiger partial charge in [0.25, 0.3) is 0 Å². The van der Waals surface area contributed by atoms with Gasteiger partial charge in [0.1, 0.15) is 6.07 Å². The largest absolute Gasteiger partial charge is 0.309 e. The molecule has 0 N–H and O–H groups in total. The third-order valence-electron chi connectivity index (χ3n) is 13.7. The molecule has 0 atom stereocenters. The molecule has 0 unspecified atom stereocenters. The van der Waals surface area contributed by atoms with Crippen molar-refractivity contribution in [2.24, 2.45) is 0 Å². The van der Waals surface area contributed by atoms with Gasteiger partial charge in [-0.1, -0.05) is 152 Å². The van der Waals surface area contributed by atoms with E-state index in [1.165, 1.54) is 0 Å². The van der Waals surface area contributed by atoms with Crippen LogP contribution >= 0.6 is 0 Å². The Hall–Kier alpha value is -10.2. The molecule has 3 heterocycles. The van der Waals surface area contributed by atoms with Gasteiger partial charge in [-0.3, -0.25) is 0 Å². The summed E-state index contributed by atoms with van der Waals surface area (Å²) < 4.78 is 4.51. The second-order valence-electron chi connectivity index (χ2n) is 17.8. The number of hydrogen-bond donors (Lipinski definition) is 0. The van der Waals surface area contributed by atoms with Crippen LogP contribution in [-0.2, 0) is 0 Å². The van der Waals surface area contributed by atoms with Gasteiger partial charge in [0, 0.05) is 43.8 Å². The Morgan fingerprint density at radius 1 is 0.292 bits per heavy atom. The Kier molecular flexibility index (Phi) is 10.1. The van der Waals surface area contributed by atoms with E-state index >= 15 is 0 Å². The van der Waals surface area contributed by atoms with Crippen LogP contribution in [0.25, 0.3) is 123 Å². The number of nitriles is 2. The van der Waals surface area contributed by atoms with Crippen LogP contribution in [0.2, 0.25) is 0 Å². The summed E-state index contributed by atoms with van der Waals surface area (Å²) >= 11 is 0. The van der Waals surface area contributed by atoms with Crippen LogP contribution in [0.4, 0.5) is 0 Å². The molecular formula is C65H39N7. The fourth-order valence-corrected chi connectivity index (χ4v) is 10.2. The Balaban J connectivity index is 0.975. The number of para-hydroxylation sites is 2. The number of rotatable bonds is 8. The molecule has 334 valence electrons. The first kappa shape index (κ1) is 41.9. The molecule has 13 rings (SSSR count). The van der Waals surface area contributed by atoms with Crippen molar-refractivity contribution < 1.29 is 0 Å². The molecule has 0 aliphatic carbocycles. The molecule has 0 fully saturated rings. The highest BCUT2D eigenvalue weighted by Crippen LogP contribution is 2.41. The Bertz CT molecular complexity index is 4330. The van der Waals surface area contributed by atoms with Gasteiger partial charge in [-0.25, -0.2) is 15.0 Å². The van der Waals surface area contributed by atoms with E-state index in [0.29, 0.717) is 34.2 Å². The van der Waals surface area contributed by atoms with Gasteiger partial charge in [-0.2, -0.15) is 10.5 Å². The second-order valence-corrected chi connectivity index (χ2v) is 17.8. The maximum Gasteiger partial charge on any atom is 0.164 e. The van der Waals surface area contributed by atoms with Crippen molar-refractivity contribution in [3.05, 3.63) is 248 Å². The third kappa shape index (κ3) is 7.17. The zero-order chi connectivity index (χ0) is 48.1. The first-order chi connectivity index (χ1) is 35.6. The average molecular weight is 918 g/mol. The van der Waals surface area contributed by atoms with Gasteiger partial charge < -0.3 is 9.13 Å². The van der Waals surface area contributed by atoms with Gasteiger partial charge >= 0.3 is 0 Å². The smallest absolute Gasteiger partial charge is 0.164 e. The summed E-state index contributed by atoms with van der Waals surface area (Å²) in [5, 5.41) is 25.2. The van der Waals surface area contributed by atoms with Crippen molar-refractivity contribution in [3.8, 4) is 91.1 Å². The van der Waals surface area contributed by atoms with Gasteiger partial charge in [-0.15, -0.1) is 0 Å². The number of fused-ring (bicyclic) bond motifs is 6. The van der Waals surface area contributed by atoms with Crippen molar-refractivity contribution >= 4 is 43.6 Å². The topological polar surface area (TPSA) is 96.1 Å². The first-order valence-corrected chi connectivity index (χ1v) is 23.8. The van der Waals surface area contributed by atoms with E-state index in [1.807, 2.05) is 91.0 Å². The van der Waals surface area contributed by atoms with E-state index in [2.05, 4.69) is 167 Å². The highest BCUT2D eigenvalue weighted by atomic mass is 15.0. The SMILES string of the molecule is N#Cc1ccc(-c2cc(-c3nc(-c4ccccc4)nc(-c4ccc(-n5c6ccccc6c6cc(-c7ccccc7)ccc65)c(C#N)c4)n3)ccc2-n2c3ccccc3c3cc(-c4ccccc4)ccc32)cc1. The fourth-order valence-electron chi connectivity index (χ4n) is 10.2. The van der Waals surface area contributed by atoms with Gasteiger partial charge in [0.05, 0.1) is 50.6 Å². The molecule has 72 heavy (non-hydrogen) atoms. The van der Waals surface area contributed by atoms with Crippen molar-refractivity contribution in [2.45, 2.75) is 0 Å². The lowest BCUT2D eigenvalue weighted by Crippen LogP contribution is -2.03. The normalized spacial score (nSPS) is 11.3.